The lowest BCUT2D eigenvalue weighted by Gasteiger charge is -2.16. The van der Waals surface area contributed by atoms with Crippen LogP contribution in [0.25, 0.3) is 0 Å². The Kier molecular flexibility index (Phi) is 5.17. The number of carbonyl (C=O) groups excluding carboxylic acids is 2. The first kappa shape index (κ1) is 14.0. The Labute approximate surface area is 106 Å². The molecule has 1 amide bonds. The zero-order valence-corrected chi connectivity index (χ0v) is 10.7. The van der Waals surface area contributed by atoms with Crippen LogP contribution in [-0.2, 0) is 14.3 Å². The average Bonchev–Trinajstić information content (AvgIpc) is 2.33. The van der Waals surface area contributed by atoms with Gasteiger partial charge in [-0.2, -0.15) is 0 Å². The molecular weight excluding hydrogens is 234 g/mol. The summed E-state index contributed by atoms with van der Waals surface area (Å²) in [6, 6.07) is 6.64. The second-order valence-corrected chi connectivity index (χ2v) is 3.90. The standard InChI is InChI=1S/C13H17NO4/c1-9-5-4-6-11(7-9)18-8-12(13(16)17-3)14-10(2)15/h4-7,12H,8H2,1-3H3,(H,14,15). The van der Waals surface area contributed by atoms with E-state index in [9.17, 15) is 9.59 Å². The number of amides is 1. The van der Waals surface area contributed by atoms with Crippen LogP contribution >= 0.6 is 0 Å². The third kappa shape index (κ3) is 4.45. The molecule has 0 aliphatic carbocycles. The summed E-state index contributed by atoms with van der Waals surface area (Å²) < 4.78 is 10.0. The molecule has 1 atom stereocenters. The van der Waals surface area contributed by atoms with E-state index in [0.717, 1.165) is 5.56 Å². The molecule has 1 aromatic rings. The van der Waals surface area contributed by atoms with Crippen molar-refractivity contribution >= 4 is 11.9 Å². The normalized spacial score (nSPS) is 11.5. The van der Waals surface area contributed by atoms with E-state index < -0.39 is 12.0 Å². The fourth-order valence-electron chi connectivity index (χ4n) is 1.44. The number of hydrogen-bond donors (Lipinski definition) is 1. The first-order chi connectivity index (χ1) is 8.52. The van der Waals surface area contributed by atoms with Crippen molar-refractivity contribution in [3.63, 3.8) is 0 Å². The van der Waals surface area contributed by atoms with Crippen molar-refractivity contribution in [1.29, 1.82) is 0 Å². The molecular formula is C13H17NO4. The van der Waals surface area contributed by atoms with Gasteiger partial charge in [0.1, 0.15) is 12.4 Å². The number of rotatable bonds is 5. The largest absolute Gasteiger partial charge is 0.491 e. The van der Waals surface area contributed by atoms with E-state index in [4.69, 9.17) is 4.74 Å². The van der Waals surface area contributed by atoms with Crippen LogP contribution in [0, 0.1) is 6.92 Å². The summed E-state index contributed by atoms with van der Waals surface area (Å²) in [4.78, 5) is 22.4. The van der Waals surface area contributed by atoms with Gasteiger partial charge in [0, 0.05) is 6.92 Å². The van der Waals surface area contributed by atoms with Gasteiger partial charge in [-0.15, -0.1) is 0 Å². The number of nitrogens with one attached hydrogen (secondary N) is 1. The molecule has 5 heteroatoms. The summed E-state index contributed by atoms with van der Waals surface area (Å²) in [5, 5.41) is 2.48. The average molecular weight is 251 g/mol. The van der Waals surface area contributed by atoms with Crippen LogP contribution in [0.5, 0.6) is 5.75 Å². The molecule has 1 aromatic carbocycles. The summed E-state index contributed by atoms with van der Waals surface area (Å²) in [7, 11) is 1.27. The fourth-order valence-corrected chi connectivity index (χ4v) is 1.44. The van der Waals surface area contributed by atoms with Gasteiger partial charge in [0.15, 0.2) is 6.04 Å². The number of hydrogen-bond acceptors (Lipinski definition) is 4. The van der Waals surface area contributed by atoms with E-state index >= 15 is 0 Å². The lowest BCUT2D eigenvalue weighted by atomic mass is 10.2. The highest BCUT2D eigenvalue weighted by Crippen LogP contribution is 2.12. The topological polar surface area (TPSA) is 64.6 Å². The summed E-state index contributed by atoms with van der Waals surface area (Å²) in [6.07, 6.45) is 0. The van der Waals surface area contributed by atoms with Gasteiger partial charge in [0.25, 0.3) is 0 Å². The van der Waals surface area contributed by atoms with Crippen molar-refractivity contribution < 1.29 is 19.1 Å². The summed E-state index contributed by atoms with van der Waals surface area (Å²) >= 11 is 0. The van der Waals surface area contributed by atoms with Gasteiger partial charge in [-0.25, -0.2) is 4.79 Å². The molecule has 1 rings (SSSR count). The van der Waals surface area contributed by atoms with Crippen LogP contribution in [0.3, 0.4) is 0 Å². The molecule has 0 spiro atoms. The predicted molar refractivity (Wildman–Crippen MR) is 66.3 cm³/mol. The highest BCUT2D eigenvalue weighted by molar-refractivity contribution is 5.83. The lowest BCUT2D eigenvalue weighted by Crippen LogP contribution is -2.44. The molecule has 0 radical (unpaired) electrons. The van der Waals surface area contributed by atoms with Gasteiger partial charge in [-0.1, -0.05) is 12.1 Å². The Morgan fingerprint density at radius 1 is 1.39 bits per heavy atom. The maximum Gasteiger partial charge on any atom is 0.331 e. The lowest BCUT2D eigenvalue weighted by molar-refractivity contribution is -0.145. The SMILES string of the molecule is COC(=O)C(COc1cccc(C)c1)NC(C)=O. The molecule has 0 saturated heterocycles. The smallest absolute Gasteiger partial charge is 0.331 e. The second kappa shape index (κ2) is 6.64. The summed E-state index contributed by atoms with van der Waals surface area (Å²) in [5.41, 5.74) is 1.06. The Morgan fingerprint density at radius 2 is 2.11 bits per heavy atom. The van der Waals surface area contributed by atoms with Crippen LogP contribution < -0.4 is 10.1 Å². The van der Waals surface area contributed by atoms with E-state index in [1.54, 1.807) is 6.07 Å². The third-order valence-electron chi connectivity index (χ3n) is 2.27. The van der Waals surface area contributed by atoms with E-state index in [0.29, 0.717) is 5.75 Å². The van der Waals surface area contributed by atoms with Crippen LogP contribution in [0.2, 0.25) is 0 Å². The Hall–Kier alpha value is -2.04. The van der Waals surface area contributed by atoms with E-state index in [1.165, 1.54) is 14.0 Å². The Bertz CT molecular complexity index is 431. The van der Waals surface area contributed by atoms with Gasteiger partial charge in [-0.3, -0.25) is 4.79 Å². The van der Waals surface area contributed by atoms with Crippen LogP contribution in [0.15, 0.2) is 24.3 Å². The molecule has 18 heavy (non-hydrogen) atoms. The minimum absolute atomic E-state index is 0.0374. The van der Waals surface area contributed by atoms with Crippen molar-refractivity contribution in [2.75, 3.05) is 13.7 Å². The monoisotopic (exact) mass is 251 g/mol. The highest BCUT2D eigenvalue weighted by Gasteiger charge is 2.20. The molecule has 0 fully saturated rings. The van der Waals surface area contributed by atoms with Crippen molar-refractivity contribution in [3.05, 3.63) is 29.8 Å². The van der Waals surface area contributed by atoms with Crippen molar-refractivity contribution in [1.82, 2.24) is 5.32 Å². The fraction of sp³-hybridized carbons (Fsp3) is 0.385. The van der Waals surface area contributed by atoms with Crippen molar-refractivity contribution in [2.45, 2.75) is 19.9 Å². The van der Waals surface area contributed by atoms with E-state index in [2.05, 4.69) is 10.1 Å². The molecule has 5 nitrogen and oxygen atoms in total. The van der Waals surface area contributed by atoms with E-state index in [-0.39, 0.29) is 12.5 Å². The quantitative estimate of drug-likeness (QED) is 0.794. The first-order valence-corrected chi connectivity index (χ1v) is 5.57. The number of aryl methyl sites for hydroxylation is 1. The first-order valence-electron chi connectivity index (χ1n) is 5.57. The van der Waals surface area contributed by atoms with Crippen LogP contribution in [-0.4, -0.2) is 31.6 Å². The minimum Gasteiger partial charge on any atom is -0.491 e. The molecule has 1 unspecified atom stereocenters. The van der Waals surface area contributed by atoms with E-state index in [1.807, 2.05) is 25.1 Å². The molecule has 98 valence electrons. The number of carbonyl (C=O) groups is 2. The molecule has 0 aliphatic heterocycles. The van der Waals surface area contributed by atoms with Crippen LogP contribution in [0.4, 0.5) is 0 Å². The molecule has 0 bridgehead atoms. The number of benzene rings is 1. The summed E-state index contributed by atoms with van der Waals surface area (Å²) in [5.74, 6) is -0.189. The second-order valence-electron chi connectivity index (χ2n) is 3.90. The zero-order chi connectivity index (χ0) is 13.5. The Morgan fingerprint density at radius 3 is 2.67 bits per heavy atom. The third-order valence-corrected chi connectivity index (χ3v) is 2.27. The maximum atomic E-state index is 11.4. The number of ether oxygens (including phenoxy) is 2. The van der Waals surface area contributed by atoms with Gasteiger partial charge in [0.2, 0.25) is 5.91 Å². The number of esters is 1. The van der Waals surface area contributed by atoms with Gasteiger partial charge < -0.3 is 14.8 Å². The van der Waals surface area contributed by atoms with Crippen molar-refractivity contribution in [3.8, 4) is 5.75 Å². The molecule has 0 aromatic heterocycles. The molecule has 0 aliphatic rings. The molecule has 0 saturated carbocycles. The summed E-state index contributed by atoms with van der Waals surface area (Å²) in [6.45, 7) is 3.32. The van der Waals surface area contributed by atoms with Crippen molar-refractivity contribution in [2.24, 2.45) is 0 Å². The molecule has 0 heterocycles. The minimum atomic E-state index is -0.798. The zero-order valence-electron chi connectivity index (χ0n) is 10.7. The van der Waals surface area contributed by atoms with Gasteiger partial charge in [-0.05, 0) is 24.6 Å². The maximum absolute atomic E-state index is 11.4. The highest BCUT2D eigenvalue weighted by atomic mass is 16.5. The van der Waals surface area contributed by atoms with Crippen LogP contribution in [0.1, 0.15) is 12.5 Å². The number of methoxy groups -OCH3 is 1. The predicted octanol–water partition coefficient (Wildman–Crippen LogP) is 1.05. The van der Waals surface area contributed by atoms with Gasteiger partial charge in [0.05, 0.1) is 7.11 Å². The Balaban J connectivity index is 2.61. The molecule has 1 N–H and O–H groups in total. The van der Waals surface area contributed by atoms with Gasteiger partial charge >= 0.3 is 5.97 Å².